The molecule has 1 rings (SSSR count). The van der Waals surface area contributed by atoms with Crippen LogP contribution in [-0.2, 0) is 4.74 Å². The monoisotopic (exact) mass is 257 g/mol. The highest BCUT2D eigenvalue weighted by Gasteiger charge is 2.01. The zero-order valence-electron chi connectivity index (χ0n) is 8.64. The molecule has 78 valence electrons. The Bertz CT molecular complexity index is 268. The molecule has 0 aromatic heterocycles. The first-order valence-electron chi connectivity index (χ1n) is 4.73. The van der Waals surface area contributed by atoms with Crippen LogP contribution in [-0.4, -0.2) is 20.3 Å². The van der Waals surface area contributed by atoms with Gasteiger partial charge in [0.15, 0.2) is 0 Å². The Morgan fingerprint density at radius 3 is 2.86 bits per heavy atom. The minimum absolute atomic E-state index is 0.802. The van der Waals surface area contributed by atoms with E-state index in [-0.39, 0.29) is 0 Å². The van der Waals surface area contributed by atoms with Gasteiger partial charge in [-0.25, -0.2) is 0 Å². The molecule has 0 aliphatic carbocycles. The summed E-state index contributed by atoms with van der Waals surface area (Å²) in [7, 11) is 1.73. The Balaban J connectivity index is 2.49. The first-order chi connectivity index (χ1) is 6.75. The van der Waals surface area contributed by atoms with E-state index in [1.807, 2.05) is 12.1 Å². The molecule has 0 aliphatic rings. The first-order valence-corrected chi connectivity index (χ1v) is 5.53. The van der Waals surface area contributed by atoms with E-state index >= 15 is 0 Å². The van der Waals surface area contributed by atoms with Crippen molar-refractivity contribution in [3.8, 4) is 0 Å². The van der Waals surface area contributed by atoms with Crippen LogP contribution >= 0.6 is 15.9 Å². The van der Waals surface area contributed by atoms with Gasteiger partial charge in [-0.05, 0) is 40.9 Å². The van der Waals surface area contributed by atoms with Crippen LogP contribution in [0.1, 0.15) is 12.0 Å². The van der Waals surface area contributed by atoms with Crippen molar-refractivity contribution in [2.45, 2.75) is 13.3 Å². The third-order valence-corrected chi connectivity index (χ3v) is 2.71. The van der Waals surface area contributed by atoms with Crippen LogP contribution in [0.15, 0.2) is 22.7 Å². The van der Waals surface area contributed by atoms with E-state index in [0.717, 1.165) is 24.0 Å². The topological polar surface area (TPSA) is 21.3 Å². The van der Waals surface area contributed by atoms with E-state index in [4.69, 9.17) is 4.74 Å². The Labute approximate surface area is 93.8 Å². The molecule has 14 heavy (non-hydrogen) atoms. The molecule has 0 bridgehead atoms. The standard InChI is InChI=1S/C11H16BrNO/c1-9-5-3-6-10(12)11(9)13-7-4-8-14-2/h3,5-6,13H,4,7-8H2,1-2H3. The molecular weight excluding hydrogens is 242 g/mol. The van der Waals surface area contributed by atoms with Crippen LogP contribution in [0.2, 0.25) is 0 Å². The van der Waals surface area contributed by atoms with Crippen molar-refractivity contribution in [3.05, 3.63) is 28.2 Å². The van der Waals surface area contributed by atoms with Gasteiger partial charge in [0.2, 0.25) is 0 Å². The van der Waals surface area contributed by atoms with E-state index < -0.39 is 0 Å². The zero-order chi connectivity index (χ0) is 10.4. The summed E-state index contributed by atoms with van der Waals surface area (Å²) in [6.45, 7) is 3.84. The average Bonchev–Trinajstić information content (AvgIpc) is 2.16. The predicted octanol–water partition coefficient (Wildman–Crippen LogP) is 3.21. The number of ether oxygens (including phenoxy) is 1. The number of hydrogen-bond acceptors (Lipinski definition) is 2. The van der Waals surface area contributed by atoms with Crippen molar-refractivity contribution in [2.75, 3.05) is 25.6 Å². The molecule has 0 saturated heterocycles. The number of anilines is 1. The smallest absolute Gasteiger partial charge is 0.0514 e. The van der Waals surface area contributed by atoms with Gasteiger partial charge >= 0.3 is 0 Å². The number of benzene rings is 1. The first kappa shape index (κ1) is 11.5. The number of para-hydroxylation sites is 1. The molecular formula is C11H16BrNO. The molecule has 0 aliphatic heterocycles. The lowest BCUT2D eigenvalue weighted by molar-refractivity contribution is 0.198. The van der Waals surface area contributed by atoms with Crippen LogP contribution in [0.3, 0.4) is 0 Å². The van der Waals surface area contributed by atoms with E-state index in [2.05, 4.69) is 34.2 Å². The van der Waals surface area contributed by atoms with Crippen molar-refractivity contribution < 1.29 is 4.74 Å². The molecule has 1 aromatic rings. The van der Waals surface area contributed by atoms with Crippen LogP contribution < -0.4 is 5.32 Å². The second-order valence-electron chi connectivity index (χ2n) is 3.20. The van der Waals surface area contributed by atoms with Crippen molar-refractivity contribution in [1.82, 2.24) is 0 Å². The summed E-state index contributed by atoms with van der Waals surface area (Å²) in [4.78, 5) is 0. The number of rotatable bonds is 5. The van der Waals surface area contributed by atoms with Crippen LogP contribution in [0.25, 0.3) is 0 Å². The second kappa shape index (κ2) is 6.04. The minimum Gasteiger partial charge on any atom is -0.385 e. The highest BCUT2D eigenvalue weighted by molar-refractivity contribution is 9.10. The summed E-state index contributed by atoms with van der Waals surface area (Å²) in [5.41, 5.74) is 2.44. The minimum atomic E-state index is 0.802. The maximum absolute atomic E-state index is 4.99. The Kier molecular flexibility index (Phi) is 4.98. The number of hydrogen-bond donors (Lipinski definition) is 1. The maximum Gasteiger partial charge on any atom is 0.0514 e. The molecule has 0 saturated carbocycles. The molecule has 0 spiro atoms. The summed E-state index contributed by atoms with van der Waals surface area (Å²) < 4.78 is 6.11. The van der Waals surface area contributed by atoms with Gasteiger partial charge in [0.25, 0.3) is 0 Å². The molecule has 0 unspecified atom stereocenters. The quantitative estimate of drug-likeness (QED) is 0.819. The third kappa shape index (κ3) is 3.31. The molecule has 0 amide bonds. The maximum atomic E-state index is 4.99. The van der Waals surface area contributed by atoms with Gasteiger partial charge in [-0.15, -0.1) is 0 Å². The lowest BCUT2D eigenvalue weighted by Gasteiger charge is -2.10. The highest BCUT2D eigenvalue weighted by atomic mass is 79.9. The largest absolute Gasteiger partial charge is 0.385 e. The number of nitrogens with one attached hydrogen (secondary N) is 1. The summed E-state index contributed by atoms with van der Waals surface area (Å²) in [6.07, 6.45) is 1.03. The molecule has 0 atom stereocenters. The fourth-order valence-corrected chi connectivity index (χ4v) is 1.89. The van der Waals surface area contributed by atoms with Gasteiger partial charge in [-0.3, -0.25) is 0 Å². The summed E-state index contributed by atoms with van der Waals surface area (Å²) in [5, 5.41) is 3.39. The van der Waals surface area contributed by atoms with Crippen molar-refractivity contribution in [1.29, 1.82) is 0 Å². The highest BCUT2D eigenvalue weighted by Crippen LogP contribution is 2.25. The van der Waals surface area contributed by atoms with Gasteiger partial charge in [-0.1, -0.05) is 12.1 Å². The summed E-state index contributed by atoms with van der Waals surface area (Å²) in [5.74, 6) is 0. The van der Waals surface area contributed by atoms with E-state index in [1.165, 1.54) is 11.3 Å². The zero-order valence-corrected chi connectivity index (χ0v) is 10.2. The fraction of sp³-hybridized carbons (Fsp3) is 0.455. The Hall–Kier alpha value is -0.540. The van der Waals surface area contributed by atoms with Gasteiger partial charge in [0, 0.05) is 24.7 Å². The van der Waals surface area contributed by atoms with E-state index in [0.29, 0.717) is 0 Å². The second-order valence-corrected chi connectivity index (χ2v) is 4.06. The lowest BCUT2D eigenvalue weighted by Crippen LogP contribution is -2.06. The Morgan fingerprint density at radius 2 is 2.21 bits per heavy atom. The van der Waals surface area contributed by atoms with Gasteiger partial charge < -0.3 is 10.1 Å². The summed E-state index contributed by atoms with van der Waals surface area (Å²) >= 11 is 3.52. The third-order valence-electron chi connectivity index (χ3n) is 2.05. The normalized spacial score (nSPS) is 10.2. The average molecular weight is 258 g/mol. The molecule has 1 N–H and O–H groups in total. The predicted molar refractivity (Wildman–Crippen MR) is 63.9 cm³/mol. The van der Waals surface area contributed by atoms with E-state index in [9.17, 15) is 0 Å². The number of methoxy groups -OCH3 is 1. The molecule has 3 heteroatoms. The summed E-state index contributed by atoms with van der Waals surface area (Å²) in [6, 6.07) is 6.19. The van der Waals surface area contributed by atoms with Crippen LogP contribution in [0, 0.1) is 6.92 Å². The molecule has 0 radical (unpaired) electrons. The Morgan fingerprint density at radius 1 is 1.43 bits per heavy atom. The van der Waals surface area contributed by atoms with Crippen molar-refractivity contribution in [3.63, 3.8) is 0 Å². The van der Waals surface area contributed by atoms with Gasteiger partial charge in [-0.2, -0.15) is 0 Å². The lowest BCUT2D eigenvalue weighted by atomic mass is 10.2. The van der Waals surface area contributed by atoms with Gasteiger partial charge in [0.1, 0.15) is 0 Å². The SMILES string of the molecule is COCCCNc1c(C)cccc1Br. The van der Waals surface area contributed by atoms with Crippen molar-refractivity contribution in [2.24, 2.45) is 0 Å². The fourth-order valence-electron chi connectivity index (χ4n) is 1.29. The van der Waals surface area contributed by atoms with Gasteiger partial charge in [0.05, 0.1) is 5.69 Å². The molecule has 0 heterocycles. The molecule has 0 fully saturated rings. The molecule has 1 aromatic carbocycles. The number of halogens is 1. The van der Waals surface area contributed by atoms with E-state index in [1.54, 1.807) is 7.11 Å². The van der Waals surface area contributed by atoms with Crippen molar-refractivity contribution >= 4 is 21.6 Å². The van der Waals surface area contributed by atoms with Crippen LogP contribution in [0.5, 0.6) is 0 Å². The number of aryl methyl sites for hydroxylation is 1. The van der Waals surface area contributed by atoms with Crippen LogP contribution in [0.4, 0.5) is 5.69 Å². The molecule has 2 nitrogen and oxygen atoms in total.